The molecule has 0 bridgehead atoms. The van der Waals surface area contributed by atoms with Crippen LogP contribution in [0.2, 0.25) is 5.02 Å². The first-order valence-electron chi connectivity index (χ1n) is 7.59. The van der Waals surface area contributed by atoms with Crippen molar-refractivity contribution in [2.45, 2.75) is 6.92 Å². The lowest BCUT2D eigenvalue weighted by Crippen LogP contribution is -2.15. The molecular formula is C19H13ClF2N2O2. The fourth-order valence-corrected chi connectivity index (χ4v) is 2.49. The second-order valence-electron chi connectivity index (χ2n) is 5.45. The van der Waals surface area contributed by atoms with Crippen molar-refractivity contribution < 1.29 is 18.3 Å². The number of hydrogen-bond acceptors (Lipinski definition) is 3. The second-order valence-corrected chi connectivity index (χ2v) is 5.88. The lowest BCUT2D eigenvalue weighted by molar-refractivity contribution is 0.101. The van der Waals surface area contributed by atoms with Gasteiger partial charge in [0.25, 0.3) is 5.91 Å². The van der Waals surface area contributed by atoms with E-state index in [1.807, 2.05) is 6.92 Å². The van der Waals surface area contributed by atoms with E-state index in [4.69, 9.17) is 16.3 Å². The monoisotopic (exact) mass is 374 g/mol. The highest BCUT2D eigenvalue weighted by atomic mass is 35.5. The summed E-state index contributed by atoms with van der Waals surface area (Å²) in [5, 5.41) is 2.99. The summed E-state index contributed by atoms with van der Waals surface area (Å²) in [5.74, 6) is -1.88. The van der Waals surface area contributed by atoms with Gasteiger partial charge in [-0.1, -0.05) is 17.7 Å². The number of halogens is 3. The maximum absolute atomic E-state index is 13.6. The van der Waals surface area contributed by atoms with Crippen molar-refractivity contribution in [1.29, 1.82) is 0 Å². The second kappa shape index (κ2) is 7.49. The molecule has 1 heterocycles. The molecule has 0 unspecified atom stereocenters. The summed E-state index contributed by atoms with van der Waals surface area (Å²) >= 11 is 5.90. The van der Waals surface area contributed by atoms with Crippen molar-refractivity contribution in [1.82, 2.24) is 4.98 Å². The third-order valence-corrected chi connectivity index (χ3v) is 3.77. The summed E-state index contributed by atoms with van der Waals surface area (Å²) in [6, 6.07) is 11.4. The first-order valence-corrected chi connectivity index (χ1v) is 7.97. The Labute approximate surface area is 153 Å². The van der Waals surface area contributed by atoms with Crippen molar-refractivity contribution in [3.8, 4) is 11.6 Å². The van der Waals surface area contributed by atoms with E-state index >= 15 is 0 Å². The van der Waals surface area contributed by atoms with Crippen molar-refractivity contribution >= 4 is 23.2 Å². The van der Waals surface area contributed by atoms with Gasteiger partial charge in [0, 0.05) is 11.1 Å². The molecule has 0 fully saturated rings. The van der Waals surface area contributed by atoms with Gasteiger partial charge in [-0.05, 0) is 48.9 Å². The molecule has 4 nitrogen and oxygen atoms in total. The molecule has 0 atom stereocenters. The Morgan fingerprint density at radius 3 is 2.46 bits per heavy atom. The highest BCUT2D eigenvalue weighted by Crippen LogP contribution is 2.26. The number of rotatable bonds is 4. The van der Waals surface area contributed by atoms with Crippen LogP contribution in [0.3, 0.4) is 0 Å². The normalized spacial score (nSPS) is 10.5. The standard InChI is InChI=1S/C19H13ClF2N2O2/c1-11-9-12(20)5-7-16(11)26-17-8-6-13(10-23-17)24-19(25)18-14(21)3-2-4-15(18)22/h2-10H,1H3,(H,24,25). The zero-order valence-electron chi connectivity index (χ0n) is 13.6. The maximum Gasteiger partial charge on any atom is 0.261 e. The van der Waals surface area contributed by atoms with E-state index in [0.29, 0.717) is 16.7 Å². The van der Waals surface area contributed by atoms with Gasteiger partial charge in [-0.3, -0.25) is 4.79 Å². The lowest BCUT2D eigenvalue weighted by atomic mass is 10.2. The van der Waals surface area contributed by atoms with E-state index in [1.165, 1.54) is 24.4 Å². The summed E-state index contributed by atoms with van der Waals surface area (Å²) in [6.45, 7) is 1.85. The number of nitrogens with one attached hydrogen (secondary N) is 1. The molecule has 3 rings (SSSR count). The fraction of sp³-hybridized carbons (Fsp3) is 0.0526. The third-order valence-electron chi connectivity index (χ3n) is 3.54. The van der Waals surface area contributed by atoms with Gasteiger partial charge in [0.2, 0.25) is 5.88 Å². The van der Waals surface area contributed by atoms with Crippen LogP contribution in [-0.4, -0.2) is 10.9 Å². The number of aryl methyl sites for hydroxylation is 1. The van der Waals surface area contributed by atoms with Crippen LogP contribution in [0, 0.1) is 18.6 Å². The van der Waals surface area contributed by atoms with E-state index in [9.17, 15) is 13.6 Å². The SMILES string of the molecule is Cc1cc(Cl)ccc1Oc1ccc(NC(=O)c2c(F)cccc2F)cn1. The van der Waals surface area contributed by atoms with E-state index in [1.54, 1.807) is 18.2 Å². The molecule has 0 saturated heterocycles. The van der Waals surface area contributed by atoms with Crippen molar-refractivity contribution in [3.05, 3.63) is 82.5 Å². The van der Waals surface area contributed by atoms with Crippen molar-refractivity contribution in [3.63, 3.8) is 0 Å². The molecule has 0 aliphatic heterocycles. The van der Waals surface area contributed by atoms with Crippen LogP contribution in [0.4, 0.5) is 14.5 Å². The quantitative estimate of drug-likeness (QED) is 0.668. The predicted octanol–water partition coefficient (Wildman–Crippen LogP) is 5.37. The molecule has 7 heteroatoms. The number of aromatic nitrogens is 1. The van der Waals surface area contributed by atoms with Gasteiger partial charge < -0.3 is 10.1 Å². The largest absolute Gasteiger partial charge is 0.439 e. The number of nitrogens with zero attached hydrogens (tertiary/aromatic N) is 1. The first kappa shape index (κ1) is 17.8. The zero-order valence-corrected chi connectivity index (χ0v) is 14.3. The molecule has 0 spiro atoms. The molecule has 132 valence electrons. The lowest BCUT2D eigenvalue weighted by Gasteiger charge is -2.10. The Morgan fingerprint density at radius 2 is 1.85 bits per heavy atom. The van der Waals surface area contributed by atoms with Crippen LogP contribution in [0.5, 0.6) is 11.6 Å². The molecule has 3 aromatic rings. The number of benzene rings is 2. The molecule has 1 amide bonds. The number of anilines is 1. The van der Waals surface area contributed by atoms with Crippen LogP contribution < -0.4 is 10.1 Å². The third kappa shape index (κ3) is 3.97. The molecule has 2 aromatic carbocycles. The molecular weight excluding hydrogens is 362 g/mol. The minimum absolute atomic E-state index is 0.276. The van der Waals surface area contributed by atoms with E-state index in [2.05, 4.69) is 10.3 Å². The summed E-state index contributed by atoms with van der Waals surface area (Å²) in [7, 11) is 0. The molecule has 0 saturated carbocycles. The fourth-order valence-electron chi connectivity index (χ4n) is 2.26. The Morgan fingerprint density at radius 1 is 1.12 bits per heavy atom. The summed E-state index contributed by atoms with van der Waals surface area (Å²) in [5.41, 5.74) is 0.467. The maximum atomic E-state index is 13.6. The summed E-state index contributed by atoms with van der Waals surface area (Å²) < 4.78 is 32.9. The average Bonchev–Trinajstić information content (AvgIpc) is 2.59. The van der Waals surface area contributed by atoms with Gasteiger partial charge in [0.15, 0.2) is 0 Å². The molecule has 1 N–H and O–H groups in total. The Bertz CT molecular complexity index is 942. The highest BCUT2D eigenvalue weighted by Gasteiger charge is 2.17. The van der Waals surface area contributed by atoms with Crippen LogP contribution in [0.25, 0.3) is 0 Å². The van der Waals surface area contributed by atoms with Gasteiger partial charge in [-0.2, -0.15) is 0 Å². The Hall–Kier alpha value is -2.99. The number of amides is 1. The van der Waals surface area contributed by atoms with Crippen molar-refractivity contribution in [2.24, 2.45) is 0 Å². The van der Waals surface area contributed by atoms with Crippen LogP contribution in [0.15, 0.2) is 54.7 Å². The van der Waals surface area contributed by atoms with E-state index in [-0.39, 0.29) is 5.69 Å². The van der Waals surface area contributed by atoms with Gasteiger partial charge in [-0.25, -0.2) is 13.8 Å². The van der Waals surface area contributed by atoms with Gasteiger partial charge in [0.1, 0.15) is 22.9 Å². The Kier molecular flexibility index (Phi) is 5.14. The van der Waals surface area contributed by atoms with Crippen LogP contribution in [0.1, 0.15) is 15.9 Å². The number of carbonyl (C=O) groups is 1. The minimum Gasteiger partial charge on any atom is -0.439 e. The summed E-state index contributed by atoms with van der Waals surface area (Å²) in [6.07, 6.45) is 1.33. The highest BCUT2D eigenvalue weighted by molar-refractivity contribution is 6.30. The minimum atomic E-state index is -0.936. The van der Waals surface area contributed by atoms with Crippen molar-refractivity contribution in [2.75, 3.05) is 5.32 Å². The number of pyridine rings is 1. The molecule has 0 radical (unpaired) electrons. The van der Waals surface area contributed by atoms with Crippen LogP contribution in [-0.2, 0) is 0 Å². The van der Waals surface area contributed by atoms with E-state index < -0.39 is 23.1 Å². The summed E-state index contributed by atoms with van der Waals surface area (Å²) in [4.78, 5) is 16.1. The van der Waals surface area contributed by atoms with Gasteiger partial charge >= 0.3 is 0 Å². The molecule has 1 aromatic heterocycles. The smallest absolute Gasteiger partial charge is 0.261 e. The average molecular weight is 375 g/mol. The van der Waals surface area contributed by atoms with Gasteiger partial charge in [0.05, 0.1) is 11.9 Å². The van der Waals surface area contributed by atoms with Crippen LogP contribution >= 0.6 is 11.6 Å². The zero-order chi connectivity index (χ0) is 18.7. The predicted molar refractivity (Wildman–Crippen MR) is 94.8 cm³/mol. The first-order chi connectivity index (χ1) is 12.4. The number of carbonyl (C=O) groups excluding carboxylic acids is 1. The molecule has 0 aliphatic carbocycles. The topological polar surface area (TPSA) is 51.2 Å². The Balaban J connectivity index is 1.72. The van der Waals surface area contributed by atoms with Gasteiger partial charge in [-0.15, -0.1) is 0 Å². The molecule has 26 heavy (non-hydrogen) atoms. The number of hydrogen-bond donors (Lipinski definition) is 1. The number of ether oxygens (including phenoxy) is 1. The van der Waals surface area contributed by atoms with E-state index in [0.717, 1.165) is 17.7 Å². The molecule has 0 aliphatic rings.